The molecule has 0 saturated carbocycles. The molecule has 0 fully saturated rings. The molecule has 0 saturated heterocycles. The molecule has 0 aliphatic rings. The van der Waals surface area contributed by atoms with E-state index in [1.54, 1.807) is 6.33 Å². The van der Waals surface area contributed by atoms with E-state index in [0.717, 1.165) is 19.5 Å². The zero-order valence-corrected chi connectivity index (χ0v) is 13.3. The van der Waals surface area contributed by atoms with E-state index in [9.17, 15) is 0 Å². The first kappa shape index (κ1) is 17.2. The zero-order valence-electron chi connectivity index (χ0n) is 13.3. The number of hydrogen-bond donors (Lipinski definition) is 2. The first-order valence-corrected chi connectivity index (χ1v) is 8.61. The molecule has 2 N–H and O–H groups in total. The van der Waals surface area contributed by atoms with Crippen LogP contribution in [0.2, 0.25) is 0 Å². The van der Waals surface area contributed by atoms with Crippen molar-refractivity contribution in [1.82, 2.24) is 15.3 Å². The summed E-state index contributed by atoms with van der Waals surface area (Å²) in [6.07, 6.45) is 18.8. The first-order chi connectivity index (χ1) is 9.93. The summed E-state index contributed by atoms with van der Waals surface area (Å²) in [7, 11) is 0. The number of aromatic nitrogens is 2. The third kappa shape index (κ3) is 10.0. The van der Waals surface area contributed by atoms with Crippen LogP contribution in [0.15, 0.2) is 12.5 Å². The molecule has 1 aromatic rings. The fourth-order valence-electron chi connectivity index (χ4n) is 2.51. The van der Waals surface area contributed by atoms with Crippen LogP contribution in [0.3, 0.4) is 0 Å². The Bertz CT molecular complexity index is 282. The summed E-state index contributed by atoms with van der Waals surface area (Å²) in [5.41, 5.74) is 1.22. The van der Waals surface area contributed by atoms with Gasteiger partial charge in [0.15, 0.2) is 0 Å². The van der Waals surface area contributed by atoms with Gasteiger partial charge in [-0.2, -0.15) is 0 Å². The average molecular weight is 279 g/mol. The van der Waals surface area contributed by atoms with E-state index < -0.39 is 0 Å². The van der Waals surface area contributed by atoms with Crippen LogP contribution in [-0.4, -0.2) is 23.1 Å². The molecule has 116 valence electrons. The smallest absolute Gasteiger partial charge is 0.0921 e. The predicted molar refractivity (Wildman–Crippen MR) is 87.0 cm³/mol. The summed E-state index contributed by atoms with van der Waals surface area (Å²) in [5.74, 6) is 0. The van der Waals surface area contributed by atoms with E-state index in [1.807, 2.05) is 6.20 Å². The van der Waals surface area contributed by atoms with Crippen LogP contribution in [0.5, 0.6) is 0 Å². The molecular weight excluding hydrogens is 246 g/mol. The van der Waals surface area contributed by atoms with Crippen molar-refractivity contribution in [3.8, 4) is 0 Å². The lowest BCUT2D eigenvalue weighted by Crippen LogP contribution is -2.18. The summed E-state index contributed by atoms with van der Waals surface area (Å²) in [5, 5.41) is 3.50. The van der Waals surface area contributed by atoms with Gasteiger partial charge in [-0.15, -0.1) is 0 Å². The van der Waals surface area contributed by atoms with Crippen LogP contribution >= 0.6 is 0 Å². The molecule has 1 heterocycles. The number of H-pyrrole nitrogens is 1. The van der Waals surface area contributed by atoms with Gasteiger partial charge in [0.2, 0.25) is 0 Å². The largest absolute Gasteiger partial charge is 0.348 e. The van der Waals surface area contributed by atoms with Crippen molar-refractivity contribution >= 4 is 0 Å². The van der Waals surface area contributed by atoms with Gasteiger partial charge in [-0.25, -0.2) is 4.98 Å². The standard InChI is InChI=1S/C17H33N3/c1-2-3-4-5-6-7-8-9-10-11-13-18-14-12-17-15-19-16-20-17/h15-16,18H,2-14H2,1H3,(H,19,20). The predicted octanol–water partition coefficient (Wildman–Crippen LogP) is 4.46. The van der Waals surface area contributed by atoms with E-state index in [4.69, 9.17) is 0 Å². The Kier molecular flexibility index (Phi) is 11.3. The Morgan fingerprint density at radius 2 is 1.55 bits per heavy atom. The van der Waals surface area contributed by atoms with E-state index >= 15 is 0 Å². The van der Waals surface area contributed by atoms with Gasteiger partial charge in [0.25, 0.3) is 0 Å². The van der Waals surface area contributed by atoms with Crippen molar-refractivity contribution in [1.29, 1.82) is 0 Å². The summed E-state index contributed by atoms with van der Waals surface area (Å²) >= 11 is 0. The highest BCUT2D eigenvalue weighted by Gasteiger charge is 1.94. The number of unbranched alkanes of at least 4 members (excludes halogenated alkanes) is 9. The number of imidazole rings is 1. The summed E-state index contributed by atoms with van der Waals surface area (Å²) < 4.78 is 0. The normalized spacial score (nSPS) is 11.1. The van der Waals surface area contributed by atoms with Crippen molar-refractivity contribution in [3.63, 3.8) is 0 Å². The van der Waals surface area contributed by atoms with Crippen LogP contribution in [0.25, 0.3) is 0 Å². The second-order valence-electron chi connectivity index (χ2n) is 5.76. The molecule has 0 aromatic carbocycles. The minimum atomic E-state index is 1.05. The van der Waals surface area contributed by atoms with E-state index in [0.29, 0.717) is 0 Å². The van der Waals surface area contributed by atoms with Gasteiger partial charge in [0, 0.05) is 24.9 Å². The second-order valence-corrected chi connectivity index (χ2v) is 5.76. The number of aromatic amines is 1. The first-order valence-electron chi connectivity index (χ1n) is 8.61. The quantitative estimate of drug-likeness (QED) is 0.494. The maximum atomic E-state index is 4.02. The molecule has 0 bridgehead atoms. The van der Waals surface area contributed by atoms with E-state index in [-0.39, 0.29) is 0 Å². The Hall–Kier alpha value is -0.830. The minimum Gasteiger partial charge on any atom is -0.348 e. The number of nitrogens with zero attached hydrogens (tertiary/aromatic N) is 1. The van der Waals surface area contributed by atoms with Crippen LogP contribution in [0.1, 0.15) is 76.8 Å². The van der Waals surface area contributed by atoms with Gasteiger partial charge >= 0.3 is 0 Å². The van der Waals surface area contributed by atoms with Crippen molar-refractivity contribution < 1.29 is 0 Å². The lowest BCUT2D eigenvalue weighted by molar-refractivity contribution is 0.544. The summed E-state index contributed by atoms with van der Waals surface area (Å²) in [6, 6.07) is 0. The molecule has 0 unspecified atom stereocenters. The van der Waals surface area contributed by atoms with Crippen molar-refractivity contribution in [2.24, 2.45) is 0 Å². The number of nitrogens with one attached hydrogen (secondary N) is 2. The lowest BCUT2D eigenvalue weighted by atomic mass is 10.1. The topological polar surface area (TPSA) is 40.7 Å². The monoisotopic (exact) mass is 279 g/mol. The molecule has 0 aliphatic heterocycles. The SMILES string of the molecule is CCCCCCCCCCCCNCCc1cnc[nH]1. The van der Waals surface area contributed by atoms with Gasteiger partial charge < -0.3 is 10.3 Å². The maximum Gasteiger partial charge on any atom is 0.0921 e. The molecule has 1 aromatic heterocycles. The van der Waals surface area contributed by atoms with Crippen LogP contribution < -0.4 is 5.32 Å². The molecule has 20 heavy (non-hydrogen) atoms. The van der Waals surface area contributed by atoms with Crippen LogP contribution in [-0.2, 0) is 6.42 Å². The molecule has 3 heteroatoms. The highest BCUT2D eigenvalue weighted by molar-refractivity contribution is 4.94. The van der Waals surface area contributed by atoms with E-state index in [1.165, 1.54) is 69.9 Å². The van der Waals surface area contributed by atoms with Gasteiger partial charge in [-0.1, -0.05) is 64.7 Å². The van der Waals surface area contributed by atoms with Crippen LogP contribution in [0, 0.1) is 0 Å². The van der Waals surface area contributed by atoms with Crippen molar-refractivity contribution in [2.45, 2.75) is 77.6 Å². The van der Waals surface area contributed by atoms with Gasteiger partial charge in [-0.05, 0) is 13.0 Å². The molecule has 0 amide bonds. The fraction of sp³-hybridized carbons (Fsp3) is 0.824. The molecule has 0 atom stereocenters. The molecule has 0 radical (unpaired) electrons. The Balaban J connectivity index is 1.70. The Morgan fingerprint density at radius 3 is 2.15 bits per heavy atom. The van der Waals surface area contributed by atoms with Gasteiger partial charge in [0.1, 0.15) is 0 Å². The van der Waals surface area contributed by atoms with E-state index in [2.05, 4.69) is 22.2 Å². The summed E-state index contributed by atoms with van der Waals surface area (Å²) in [4.78, 5) is 7.15. The van der Waals surface area contributed by atoms with Gasteiger partial charge in [0.05, 0.1) is 6.33 Å². The van der Waals surface area contributed by atoms with Crippen LogP contribution in [0.4, 0.5) is 0 Å². The van der Waals surface area contributed by atoms with Crippen molar-refractivity contribution in [3.05, 3.63) is 18.2 Å². The third-order valence-electron chi connectivity index (χ3n) is 3.83. The molecule has 3 nitrogen and oxygen atoms in total. The highest BCUT2D eigenvalue weighted by atomic mass is 14.9. The average Bonchev–Trinajstić information content (AvgIpc) is 2.97. The number of rotatable bonds is 14. The molecule has 0 spiro atoms. The second kappa shape index (κ2) is 13.2. The maximum absolute atomic E-state index is 4.02. The number of hydrogen-bond acceptors (Lipinski definition) is 2. The van der Waals surface area contributed by atoms with Crippen molar-refractivity contribution in [2.75, 3.05) is 13.1 Å². The third-order valence-corrected chi connectivity index (χ3v) is 3.83. The lowest BCUT2D eigenvalue weighted by Gasteiger charge is -2.04. The minimum absolute atomic E-state index is 1.05. The highest BCUT2D eigenvalue weighted by Crippen LogP contribution is 2.10. The zero-order chi connectivity index (χ0) is 14.3. The Labute approximate surface area is 125 Å². The summed E-state index contributed by atoms with van der Waals surface area (Å²) in [6.45, 7) is 4.49. The molecule has 0 aliphatic carbocycles. The Morgan fingerprint density at radius 1 is 0.900 bits per heavy atom. The molecular formula is C17H33N3. The molecule has 1 rings (SSSR count). The van der Waals surface area contributed by atoms with Gasteiger partial charge in [-0.3, -0.25) is 0 Å². The fourth-order valence-corrected chi connectivity index (χ4v) is 2.51.